The van der Waals surface area contributed by atoms with Crippen molar-refractivity contribution in [3.8, 4) is 0 Å². The second-order valence-electron chi connectivity index (χ2n) is 7.17. The fourth-order valence-electron chi connectivity index (χ4n) is 3.70. The first-order valence-corrected chi connectivity index (χ1v) is 8.89. The Morgan fingerprint density at radius 3 is 2.57 bits per heavy atom. The Balaban J connectivity index is 1.81. The van der Waals surface area contributed by atoms with Crippen LogP contribution in [0.15, 0.2) is 6.07 Å². The second-order valence-corrected chi connectivity index (χ2v) is 7.17. The lowest BCUT2D eigenvalue weighted by atomic mass is 9.96. The molecule has 0 bridgehead atoms. The molecule has 0 aromatic carbocycles. The van der Waals surface area contributed by atoms with Crippen molar-refractivity contribution in [2.45, 2.75) is 57.9 Å². The van der Waals surface area contributed by atoms with Crippen LogP contribution in [0.5, 0.6) is 0 Å². The van der Waals surface area contributed by atoms with Gasteiger partial charge >= 0.3 is 0 Å². The fraction of sp³-hybridized carbons (Fsp3) is 0.722. The standard InChI is InChI=1S/C18H28N4O/c1-13-12-16(18(23)22-9-5-4-6-14(22)2)20-17(19-13)15-7-10-21(3)11-8-15/h12,14-15H,4-11H2,1-3H3. The number of aryl methyl sites for hydroxylation is 1. The van der Waals surface area contributed by atoms with Gasteiger partial charge < -0.3 is 9.80 Å². The van der Waals surface area contributed by atoms with Gasteiger partial charge in [-0.05, 0) is 72.2 Å². The maximum absolute atomic E-state index is 12.9. The lowest BCUT2D eigenvalue weighted by molar-refractivity contribution is 0.0628. The molecule has 5 heteroatoms. The summed E-state index contributed by atoms with van der Waals surface area (Å²) in [5.41, 5.74) is 1.49. The summed E-state index contributed by atoms with van der Waals surface area (Å²) in [5, 5.41) is 0. The minimum atomic E-state index is 0.0804. The summed E-state index contributed by atoms with van der Waals surface area (Å²) >= 11 is 0. The molecular weight excluding hydrogens is 288 g/mol. The lowest BCUT2D eigenvalue weighted by Crippen LogP contribution is -2.42. The molecule has 1 aromatic rings. The van der Waals surface area contributed by atoms with E-state index in [9.17, 15) is 4.79 Å². The third-order valence-corrected chi connectivity index (χ3v) is 5.24. The monoisotopic (exact) mass is 316 g/mol. The van der Waals surface area contributed by atoms with Gasteiger partial charge in [-0.15, -0.1) is 0 Å². The van der Waals surface area contributed by atoms with Crippen LogP contribution in [0.1, 0.15) is 67.0 Å². The Kier molecular flexibility index (Phi) is 4.95. The lowest BCUT2D eigenvalue weighted by Gasteiger charge is -2.33. The highest BCUT2D eigenvalue weighted by molar-refractivity contribution is 5.92. The van der Waals surface area contributed by atoms with Gasteiger partial charge in [0, 0.05) is 24.2 Å². The number of amides is 1. The third-order valence-electron chi connectivity index (χ3n) is 5.24. The molecule has 3 rings (SSSR count). The number of carbonyl (C=O) groups is 1. The Morgan fingerprint density at radius 2 is 1.87 bits per heavy atom. The number of hydrogen-bond acceptors (Lipinski definition) is 4. The second kappa shape index (κ2) is 6.95. The highest BCUT2D eigenvalue weighted by Gasteiger charge is 2.27. The Labute approximate surface area is 139 Å². The molecule has 0 saturated carbocycles. The van der Waals surface area contributed by atoms with Crippen LogP contribution in [0, 0.1) is 6.92 Å². The van der Waals surface area contributed by atoms with Gasteiger partial charge in [-0.1, -0.05) is 0 Å². The maximum Gasteiger partial charge on any atom is 0.272 e. The van der Waals surface area contributed by atoms with E-state index in [1.165, 1.54) is 6.42 Å². The van der Waals surface area contributed by atoms with Gasteiger partial charge in [-0.25, -0.2) is 9.97 Å². The van der Waals surface area contributed by atoms with Gasteiger partial charge in [0.05, 0.1) is 0 Å². The summed E-state index contributed by atoms with van der Waals surface area (Å²) in [6.45, 7) is 7.12. The summed E-state index contributed by atoms with van der Waals surface area (Å²) in [6, 6.07) is 2.17. The number of likely N-dealkylation sites (tertiary alicyclic amines) is 2. The molecular formula is C18H28N4O. The average molecular weight is 316 g/mol. The van der Waals surface area contributed by atoms with Crippen LogP contribution in [0.4, 0.5) is 0 Å². The minimum Gasteiger partial charge on any atom is -0.335 e. The minimum absolute atomic E-state index is 0.0804. The molecule has 23 heavy (non-hydrogen) atoms. The summed E-state index contributed by atoms with van der Waals surface area (Å²) in [7, 11) is 2.15. The van der Waals surface area contributed by atoms with E-state index in [4.69, 9.17) is 0 Å². The van der Waals surface area contributed by atoms with Crippen LogP contribution in [0.3, 0.4) is 0 Å². The van der Waals surface area contributed by atoms with Gasteiger partial charge in [-0.3, -0.25) is 4.79 Å². The molecule has 2 fully saturated rings. The van der Waals surface area contributed by atoms with Crippen molar-refractivity contribution in [2.24, 2.45) is 0 Å². The molecule has 2 aliphatic rings. The summed E-state index contributed by atoms with van der Waals surface area (Å²) in [5.74, 6) is 1.33. The van der Waals surface area contributed by atoms with Gasteiger partial charge in [0.15, 0.2) is 0 Å². The van der Waals surface area contributed by atoms with Crippen molar-refractivity contribution in [1.82, 2.24) is 19.8 Å². The van der Waals surface area contributed by atoms with Crippen molar-refractivity contribution >= 4 is 5.91 Å². The van der Waals surface area contributed by atoms with E-state index in [0.29, 0.717) is 17.7 Å². The number of hydrogen-bond donors (Lipinski definition) is 0. The number of rotatable bonds is 2. The summed E-state index contributed by atoms with van der Waals surface area (Å²) in [6.07, 6.45) is 5.57. The topological polar surface area (TPSA) is 49.3 Å². The number of piperidine rings is 2. The van der Waals surface area contributed by atoms with Crippen molar-refractivity contribution < 1.29 is 4.79 Å². The van der Waals surface area contributed by atoms with E-state index < -0.39 is 0 Å². The Bertz CT molecular complexity index is 566. The SMILES string of the molecule is Cc1cc(C(=O)N2CCCCC2C)nc(C2CCN(C)CC2)n1. The van der Waals surface area contributed by atoms with Gasteiger partial charge in [0.1, 0.15) is 11.5 Å². The van der Waals surface area contributed by atoms with Crippen LogP contribution in [0.2, 0.25) is 0 Å². The fourth-order valence-corrected chi connectivity index (χ4v) is 3.70. The van der Waals surface area contributed by atoms with Crippen LogP contribution in [0.25, 0.3) is 0 Å². The highest BCUT2D eigenvalue weighted by atomic mass is 16.2. The number of aromatic nitrogens is 2. The van der Waals surface area contributed by atoms with E-state index >= 15 is 0 Å². The summed E-state index contributed by atoms with van der Waals surface area (Å²) in [4.78, 5) is 26.5. The van der Waals surface area contributed by atoms with E-state index in [-0.39, 0.29) is 5.91 Å². The number of nitrogens with zero attached hydrogens (tertiary/aromatic N) is 4. The molecule has 3 heterocycles. The van der Waals surface area contributed by atoms with E-state index in [2.05, 4.69) is 28.8 Å². The zero-order chi connectivity index (χ0) is 16.4. The van der Waals surface area contributed by atoms with Crippen LogP contribution >= 0.6 is 0 Å². The maximum atomic E-state index is 12.9. The van der Waals surface area contributed by atoms with Crippen molar-refractivity contribution in [2.75, 3.05) is 26.7 Å². The molecule has 0 spiro atoms. The molecule has 1 amide bonds. The average Bonchev–Trinajstić information content (AvgIpc) is 2.55. The normalized spacial score (nSPS) is 24.0. The van der Waals surface area contributed by atoms with Crippen molar-refractivity contribution in [3.63, 3.8) is 0 Å². The zero-order valence-corrected chi connectivity index (χ0v) is 14.6. The molecule has 2 saturated heterocycles. The van der Waals surface area contributed by atoms with E-state index in [0.717, 1.165) is 56.8 Å². The molecule has 1 unspecified atom stereocenters. The molecule has 126 valence electrons. The smallest absolute Gasteiger partial charge is 0.272 e. The molecule has 1 aromatic heterocycles. The van der Waals surface area contributed by atoms with Gasteiger partial charge in [0.2, 0.25) is 0 Å². The first-order valence-electron chi connectivity index (χ1n) is 8.89. The Hall–Kier alpha value is -1.49. The van der Waals surface area contributed by atoms with Gasteiger partial charge in [0.25, 0.3) is 5.91 Å². The molecule has 5 nitrogen and oxygen atoms in total. The molecule has 0 radical (unpaired) electrons. The Morgan fingerprint density at radius 1 is 1.13 bits per heavy atom. The molecule has 0 N–H and O–H groups in total. The highest BCUT2D eigenvalue weighted by Crippen LogP contribution is 2.26. The molecule has 1 atom stereocenters. The third kappa shape index (κ3) is 3.71. The predicted octanol–water partition coefficient (Wildman–Crippen LogP) is 2.61. The van der Waals surface area contributed by atoms with E-state index in [1.807, 2.05) is 17.9 Å². The number of carbonyl (C=O) groups excluding carboxylic acids is 1. The molecule has 2 aliphatic heterocycles. The van der Waals surface area contributed by atoms with Crippen LogP contribution in [-0.4, -0.2) is 58.4 Å². The van der Waals surface area contributed by atoms with Gasteiger partial charge in [-0.2, -0.15) is 0 Å². The van der Waals surface area contributed by atoms with E-state index in [1.54, 1.807) is 0 Å². The van der Waals surface area contributed by atoms with Crippen LogP contribution < -0.4 is 0 Å². The summed E-state index contributed by atoms with van der Waals surface area (Å²) < 4.78 is 0. The first kappa shape index (κ1) is 16.4. The quantitative estimate of drug-likeness (QED) is 0.841. The predicted molar refractivity (Wildman–Crippen MR) is 90.6 cm³/mol. The molecule has 0 aliphatic carbocycles. The van der Waals surface area contributed by atoms with Crippen molar-refractivity contribution in [1.29, 1.82) is 0 Å². The van der Waals surface area contributed by atoms with Crippen molar-refractivity contribution in [3.05, 3.63) is 23.3 Å². The largest absolute Gasteiger partial charge is 0.335 e. The first-order chi connectivity index (χ1) is 11.0. The zero-order valence-electron chi connectivity index (χ0n) is 14.6. The van der Waals surface area contributed by atoms with Crippen LogP contribution in [-0.2, 0) is 0 Å².